The molecule has 0 amide bonds. The van der Waals surface area contributed by atoms with E-state index in [-0.39, 0.29) is 6.61 Å². The molecule has 0 heterocycles. The predicted molar refractivity (Wildman–Crippen MR) is 57.7 cm³/mol. The lowest BCUT2D eigenvalue weighted by Gasteiger charge is -2.05. The van der Waals surface area contributed by atoms with Crippen LogP contribution in [0.2, 0.25) is 0 Å². The molecule has 0 aromatic heterocycles. The van der Waals surface area contributed by atoms with Crippen molar-refractivity contribution in [2.75, 3.05) is 33.0 Å². The zero-order chi connectivity index (χ0) is 11.4. The Balaban J connectivity index is 2.98. The molecule has 4 heteroatoms. The minimum Gasteiger partial charge on any atom is -0.460 e. The van der Waals surface area contributed by atoms with E-state index in [2.05, 4.69) is 13.5 Å². The molecule has 0 rings (SSSR count). The van der Waals surface area contributed by atoms with Crippen LogP contribution in [0.5, 0.6) is 0 Å². The summed E-state index contributed by atoms with van der Waals surface area (Å²) in [6, 6.07) is 0. The summed E-state index contributed by atoms with van der Waals surface area (Å²) >= 11 is 0. The smallest absolute Gasteiger partial charge is 0.330 e. The Morgan fingerprint density at radius 3 is 2.40 bits per heavy atom. The van der Waals surface area contributed by atoms with Gasteiger partial charge in [-0.3, -0.25) is 0 Å². The number of carbonyl (C=O) groups excluding carboxylic acids is 1. The van der Waals surface area contributed by atoms with Crippen LogP contribution in [0.15, 0.2) is 12.7 Å². The molecule has 0 aromatic carbocycles. The third-order valence-corrected chi connectivity index (χ3v) is 1.56. The van der Waals surface area contributed by atoms with Crippen LogP contribution in [0.25, 0.3) is 0 Å². The van der Waals surface area contributed by atoms with Crippen LogP contribution in [0.3, 0.4) is 0 Å². The van der Waals surface area contributed by atoms with E-state index >= 15 is 0 Å². The van der Waals surface area contributed by atoms with E-state index < -0.39 is 5.97 Å². The molecule has 0 spiro atoms. The molecule has 4 nitrogen and oxygen atoms in total. The maximum absolute atomic E-state index is 10.6. The molecule has 0 radical (unpaired) electrons. The molecule has 0 aliphatic carbocycles. The molecule has 0 unspecified atom stereocenters. The van der Waals surface area contributed by atoms with Gasteiger partial charge in [0.2, 0.25) is 0 Å². The first-order chi connectivity index (χ1) is 7.31. The van der Waals surface area contributed by atoms with Crippen LogP contribution in [0, 0.1) is 0 Å². The summed E-state index contributed by atoms with van der Waals surface area (Å²) in [6.07, 6.45) is 3.05. The summed E-state index contributed by atoms with van der Waals surface area (Å²) in [4.78, 5) is 10.6. The predicted octanol–water partition coefficient (Wildman–Crippen LogP) is 1.55. The highest BCUT2D eigenvalue weighted by Gasteiger charge is 1.94. The van der Waals surface area contributed by atoms with Gasteiger partial charge in [-0.2, -0.15) is 0 Å². The van der Waals surface area contributed by atoms with Gasteiger partial charge >= 0.3 is 5.97 Å². The Kier molecular flexibility index (Phi) is 10.6. The minimum atomic E-state index is -0.412. The van der Waals surface area contributed by atoms with E-state index in [0.29, 0.717) is 13.2 Å². The van der Waals surface area contributed by atoms with Crippen molar-refractivity contribution < 1.29 is 19.0 Å². The van der Waals surface area contributed by atoms with Crippen LogP contribution < -0.4 is 0 Å². The van der Waals surface area contributed by atoms with Gasteiger partial charge < -0.3 is 14.2 Å². The molecule has 0 atom stereocenters. The second-order valence-corrected chi connectivity index (χ2v) is 2.95. The van der Waals surface area contributed by atoms with E-state index in [9.17, 15) is 4.79 Å². The highest BCUT2D eigenvalue weighted by molar-refractivity contribution is 5.81. The Labute approximate surface area is 91.2 Å². The largest absolute Gasteiger partial charge is 0.460 e. The summed E-state index contributed by atoms with van der Waals surface area (Å²) < 4.78 is 15.2. The van der Waals surface area contributed by atoms with Crippen molar-refractivity contribution in [2.24, 2.45) is 0 Å². The Morgan fingerprint density at radius 1 is 1.13 bits per heavy atom. The van der Waals surface area contributed by atoms with E-state index in [1.807, 2.05) is 0 Å². The average Bonchev–Trinajstić information content (AvgIpc) is 2.26. The summed E-state index contributed by atoms with van der Waals surface area (Å²) in [5.74, 6) is -0.412. The van der Waals surface area contributed by atoms with E-state index in [1.165, 1.54) is 0 Å². The molecular formula is C11H20O4. The van der Waals surface area contributed by atoms with Gasteiger partial charge in [0, 0.05) is 25.9 Å². The van der Waals surface area contributed by atoms with E-state index in [4.69, 9.17) is 14.2 Å². The summed E-state index contributed by atoms with van der Waals surface area (Å²) in [7, 11) is 0. The number of hydrogen-bond donors (Lipinski definition) is 0. The Hall–Kier alpha value is -0.870. The topological polar surface area (TPSA) is 44.8 Å². The van der Waals surface area contributed by atoms with Crippen LogP contribution >= 0.6 is 0 Å². The van der Waals surface area contributed by atoms with Gasteiger partial charge in [0.1, 0.15) is 6.61 Å². The lowest BCUT2D eigenvalue weighted by molar-refractivity contribution is -0.139. The minimum absolute atomic E-state index is 0.278. The fourth-order valence-corrected chi connectivity index (χ4v) is 0.872. The Morgan fingerprint density at radius 2 is 1.80 bits per heavy atom. The normalized spacial score (nSPS) is 9.93. The molecule has 0 saturated carbocycles. The maximum atomic E-state index is 10.6. The van der Waals surface area contributed by atoms with Crippen LogP contribution in [0.4, 0.5) is 0 Å². The number of rotatable bonds is 10. The van der Waals surface area contributed by atoms with Crippen molar-refractivity contribution >= 4 is 5.97 Å². The van der Waals surface area contributed by atoms with Crippen LogP contribution in [-0.2, 0) is 19.0 Å². The van der Waals surface area contributed by atoms with Crippen LogP contribution in [-0.4, -0.2) is 39.0 Å². The SMILES string of the molecule is C=CC(=O)OCCOCCCOCCC. The molecule has 0 fully saturated rings. The molecule has 0 saturated heterocycles. The van der Waals surface area contributed by atoms with Crippen LogP contribution in [0.1, 0.15) is 19.8 Å². The van der Waals surface area contributed by atoms with Crippen molar-refractivity contribution in [3.63, 3.8) is 0 Å². The van der Waals surface area contributed by atoms with Gasteiger partial charge in [0.15, 0.2) is 0 Å². The number of ether oxygens (including phenoxy) is 3. The zero-order valence-corrected chi connectivity index (χ0v) is 9.37. The van der Waals surface area contributed by atoms with Gasteiger partial charge in [-0.15, -0.1) is 0 Å². The monoisotopic (exact) mass is 216 g/mol. The molecule has 0 N–H and O–H groups in total. The molecule has 0 aromatic rings. The Bertz CT molecular complexity index is 168. The maximum Gasteiger partial charge on any atom is 0.330 e. The van der Waals surface area contributed by atoms with Crippen molar-refractivity contribution in [1.82, 2.24) is 0 Å². The molecular weight excluding hydrogens is 196 g/mol. The lowest BCUT2D eigenvalue weighted by Crippen LogP contribution is -2.09. The summed E-state index contributed by atoms with van der Waals surface area (Å²) in [5, 5.41) is 0. The van der Waals surface area contributed by atoms with Gasteiger partial charge in [-0.05, 0) is 12.8 Å². The molecule has 88 valence electrons. The molecule has 15 heavy (non-hydrogen) atoms. The number of hydrogen-bond acceptors (Lipinski definition) is 4. The third-order valence-electron chi connectivity index (χ3n) is 1.56. The van der Waals surface area contributed by atoms with Crippen molar-refractivity contribution in [1.29, 1.82) is 0 Å². The first kappa shape index (κ1) is 14.1. The highest BCUT2D eigenvalue weighted by atomic mass is 16.6. The zero-order valence-electron chi connectivity index (χ0n) is 9.37. The summed E-state index contributed by atoms with van der Waals surface area (Å²) in [5.41, 5.74) is 0. The first-order valence-electron chi connectivity index (χ1n) is 5.26. The van der Waals surface area contributed by atoms with Crippen molar-refractivity contribution in [3.8, 4) is 0 Å². The van der Waals surface area contributed by atoms with Crippen molar-refractivity contribution in [2.45, 2.75) is 19.8 Å². The van der Waals surface area contributed by atoms with Gasteiger partial charge in [-0.25, -0.2) is 4.79 Å². The second kappa shape index (κ2) is 11.2. The fraction of sp³-hybridized carbons (Fsp3) is 0.727. The molecule has 0 aliphatic rings. The van der Waals surface area contributed by atoms with Gasteiger partial charge in [0.05, 0.1) is 6.61 Å². The third kappa shape index (κ3) is 11.1. The lowest BCUT2D eigenvalue weighted by atomic mass is 10.5. The molecule has 0 aliphatic heterocycles. The van der Waals surface area contributed by atoms with Gasteiger partial charge in [-0.1, -0.05) is 13.5 Å². The summed E-state index contributed by atoms with van der Waals surface area (Å²) in [6.45, 7) is 8.22. The number of esters is 1. The van der Waals surface area contributed by atoms with E-state index in [1.54, 1.807) is 0 Å². The quantitative estimate of drug-likeness (QED) is 0.316. The van der Waals surface area contributed by atoms with Crippen molar-refractivity contribution in [3.05, 3.63) is 12.7 Å². The highest BCUT2D eigenvalue weighted by Crippen LogP contribution is 1.88. The fourth-order valence-electron chi connectivity index (χ4n) is 0.872. The number of carbonyl (C=O) groups is 1. The standard InChI is InChI=1S/C11H20O4/c1-3-6-13-7-5-8-14-9-10-15-11(12)4-2/h4H,2-3,5-10H2,1H3. The van der Waals surface area contributed by atoms with E-state index in [0.717, 1.165) is 32.1 Å². The van der Waals surface area contributed by atoms with Gasteiger partial charge in [0.25, 0.3) is 0 Å². The average molecular weight is 216 g/mol. The molecule has 0 bridgehead atoms. The first-order valence-corrected chi connectivity index (χ1v) is 5.26. The second-order valence-electron chi connectivity index (χ2n) is 2.95.